The van der Waals surface area contributed by atoms with Crippen LogP contribution in [0.25, 0.3) is 0 Å². The predicted octanol–water partition coefficient (Wildman–Crippen LogP) is 0.975. The fourth-order valence-electron chi connectivity index (χ4n) is 1.92. The Hall–Kier alpha value is 0.430. The molecule has 74 valence electrons. The van der Waals surface area contributed by atoms with Gasteiger partial charge in [0.1, 0.15) is 5.67 Å². The van der Waals surface area contributed by atoms with Crippen molar-refractivity contribution in [2.75, 3.05) is 19.6 Å². The monoisotopic (exact) mass is 216 g/mol. The maximum atomic E-state index is 13.6. The molecule has 0 saturated carbocycles. The normalized spacial score (nSPS) is 44.5. The van der Waals surface area contributed by atoms with Crippen molar-refractivity contribution in [3.63, 3.8) is 0 Å². The summed E-state index contributed by atoms with van der Waals surface area (Å²) in [5.74, 6) is 0. The van der Waals surface area contributed by atoms with E-state index in [1.807, 2.05) is 0 Å². The van der Waals surface area contributed by atoms with Gasteiger partial charge in [-0.2, -0.15) is 0 Å². The van der Waals surface area contributed by atoms with Crippen molar-refractivity contribution >= 4 is 24.8 Å². The summed E-state index contributed by atoms with van der Waals surface area (Å²) in [4.78, 5) is 2.24. The number of halogens is 3. The molecule has 1 unspecified atom stereocenters. The molecule has 2 bridgehead atoms. The number of alkyl halides is 1. The number of hydrogen-bond acceptors (Lipinski definition) is 2. The van der Waals surface area contributed by atoms with Crippen LogP contribution in [0.2, 0.25) is 0 Å². The van der Waals surface area contributed by atoms with E-state index >= 15 is 0 Å². The molecular formula is C7H15Cl2FN2. The molecule has 0 radical (unpaired) electrons. The minimum atomic E-state index is -1.02. The highest BCUT2D eigenvalue weighted by molar-refractivity contribution is 5.85. The lowest BCUT2D eigenvalue weighted by molar-refractivity contribution is -0.0245. The van der Waals surface area contributed by atoms with E-state index in [1.54, 1.807) is 0 Å². The van der Waals surface area contributed by atoms with Crippen molar-refractivity contribution in [1.29, 1.82) is 0 Å². The van der Waals surface area contributed by atoms with E-state index in [4.69, 9.17) is 5.73 Å². The van der Waals surface area contributed by atoms with E-state index < -0.39 is 5.67 Å². The van der Waals surface area contributed by atoms with Gasteiger partial charge in [0.15, 0.2) is 0 Å². The van der Waals surface area contributed by atoms with Gasteiger partial charge in [0, 0.05) is 19.6 Å². The highest BCUT2D eigenvalue weighted by Gasteiger charge is 2.45. The van der Waals surface area contributed by atoms with E-state index in [1.165, 1.54) is 0 Å². The number of nitrogens with zero attached hydrogens (tertiary/aromatic N) is 1. The summed E-state index contributed by atoms with van der Waals surface area (Å²) in [6.45, 7) is 2.57. The molecule has 0 aliphatic carbocycles. The van der Waals surface area contributed by atoms with Crippen LogP contribution in [0.5, 0.6) is 0 Å². The zero-order valence-corrected chi connectivity index (χ0v) is 8.46. The second-order valence-electron chi connectivity index (χ2n) is 3.44. The Morgan fingerprint density at radius 2 is 1.75 bits per heavy atom. The maximum absolute atomic E-state index is 13.6. The summed E-state index contributed by atoms with van der Waals surface area (Å²) in [6, 6.07) is -0.227. The summed E-state index contributed by atoms with van der Waals surface area (Å²) >= 11 is 0. The molecule has 12 heavy (non-hydrogen) atoms. The van der Waals surface area contributed by atoms with Crippen LogP contribution in [0, 0.1) is 0 Å². The van der Waals surface area contributed by atoms with E-state index in [0.717, 1.165) is 19.6 Å². The third-order valence-corrected chi connectivity index (χ3v) is 2.81. The minimum Gasteiger partial charge on any atom is -0.324 e. The summed E-state index contributed by atoms with van der Waals surface area (Å²) < 4.78 is 13.6. The Morgan fingerprint density at radius 1 is 1.25 bits per heavy atom. The summed E-state index contributed by atoms with van der Waals surface area (Å²) in [7, 11) is 0. The SMILES string of the molecule is Cl.Cl.NC1CN2CCC1(F)CC2. The van der Waals surface area contributed by atoms with Crippen LogP contribution >= 0.6 is 24.8 Å². The lowest BCUT2D eigenvalue weighted by atomic mass is 9.81. The van der Waals surface area contributed by atoms with Crippen LogP contribution in [-0.2, 0) is 0 Å². The highest BCUT2D eigenvalue weighted by Crippen LogP contribution is 2.34. The molecular weight excluding hydrogens is 202 g/mol. The van der Waals surface area contributed by atoms with Gasteiger partial charge >= 0.3 is 0 Å². The number of piperidine rings is 3. The van der Waals surface area contributed by atoms with Crippen LogP contribution < -0.4 is 5.73 Å². The Bertz CT molecular complexity index is 148. The zero-order valence-electron chi connectivity index (χ0n) is 6.83. The van der Waals surface area contributed by atoms with Crippen LogP contribution in [0.3, 0.4) is 0 Å². The average molecular weight is 217 g/mol. The van der Waals surface area contributed by atoms with Gasteiger partial charge in [-0.15, -0.1) is 24.8 Å². The van der Waals surface area contributed by atoms with Crippen molar-refractivity contribution in [3.8, 4) is 0 Å². The molecule has 5 heteroatoms. The Labute approximate surface area is 84.5 Å². The first-order chi connectivity index (χ1) is 4.71. The van der Waals surface area contributed by atoms with Gasteiger partial charge in [-0.3, -0.25) is 0 Å². The van der Waals surface area contributed by atoms with Crippen molar-refractivity contribution in [3.05, 3.63) is 0 Å². The smallest absolute Gasteiger partial charge is 0.129 e. The fourth-order valence-corrected chi connectivity index (χ4v) is 1.92. The van der Waals surface area contributed by atoms with Crippen molar-refractivity contribution in [2.45, 2.75) is 24.6 Å². The first-order valence-corrected chi connectivity index (χ1v) is 3.88. The quantitative estimate of drug-likeness (QED) is 0.655. The first kappa shape index (κ1) is 12.4. The summed E-state index contributed by atoms with van der Waals surface area (Å²) in [6.07, 6.45) is 1.29. The third kappa shape index (κ3) is 1.84. The van der Waals surface area contributed by atoms with E-state index in [2.05, 4.69) is 4.90 Å². The highest BCUT2D eigenvalue weighted by atomic mass is 35.5. The van der Waals surface area contributed by atoms with Gasteiger partial charge in [0.05, 0.1) is 6.04 Å². The molecule has 0 spiro atoms. The molecule has 0 amide bonds. The van der Waals surface area contributed by atoms with Crippen LogP contribution in [0.15, 0.2) is 0 Å². The van der Waals surface area contributed by atoms with E-state index in [0.29, 0.717) is 12.8 Å². The molecule has 0 aromatic heterocycles. The number of nitrogens with two attached hydrogens (primary N) is 1. The zero-order chi connectivity index (χ0) is 7.19. The summed E-state index contributed by atoms with van der Waals surface area (Å²) in [5.41, 5.74) is 4.62. The number of hydrogen-bond donors (Lipinski definition) is 1. The molecule has 3 aliphatic rings. The lowest BCUT2D eigenvalue weighted by Crippen LogP contribution is -2.62. The van der Waals surface area contributed by atoms with Crippen molar-refractivity contribution in [2.24, 2.45) is 5.73 Å². The van der Waals surface area contributed by atoms with Crippen LogP contribution in [-0.4, -0.2) is 36.2 Å². The van der Waals surface area contributed by atoms with Crippen molar-refractivity contribution < 1.29 is 4.39 Å². The standard InChI is InChI=1S/C7H13FN2.2ClH/c8-7-1-3-10(4-2-7)5-6(7)9;;/h6H,1-5,9H2;2*1H. The average Bonchev–Trinajstić information content (AvgIpc) is 1.92. The van der Waals surface area contributed by atoms with Crippen LogP contribution in [0.4, 0.5) is 4.39 Å². The van der Waals surface area contributed by atoms with E-state index in [9.17, 15) is 4.39 Å². The third-order valence-electron chi connectivity index (χ3n) is 2.81. The number of rotatable bonds is 0. The minimum absolute atomic E-state index is 0. The molecule has 0 aromatic carbocycles. The molecule has 2 nitrogen and oxygen atoms in total. The van der Waals surface area contributed by atoms with Gasteiger partial charge in [-0.1, -0.05) is 0 Å². The molecule has 3 saturated heterocycles. The van der Waals surface area contributed by atoms with Crippen LogP contribution in [0.1, 0.15) is 12.8 Å². The molecule has 3 fully saturated rings. The maximum Gasteiger partial charge on any atom is 0.129 e. The van der Waals surface area contributed by atoms with E-state index in [-0.39, 0.29) is 30.9 Å². The molecule has 2 N–H and O–H groups in total. The van der Waals surface area contributed by atoms with Gasteiger partial charge in [-0.25, -0.2) is 4.39 Å². The lowest BCUT2D eigenvalue weighted by Gasteiger charge is -2.47. The largest absolute Gasteiger partial charge is 0.324 e. The van der Waals surface area contributed by atoms with Gasteiger partial charge in [0.2, 0.25) is 0 Å². The first-order valence-electron chi connectivity index (χ1n) is 3.88. The topological polar surface area (TPSA) is 29.3 Å². The predicted molar refractivity (Wildman–Crippen MR) is 52.0 cm³/mol. The van der Waals surface area contributed by atoms with Gasteiger partial charge in [-0.05, 0) is 12.8 Å². The fraction of sp³-hybridized carbons (Fsp3) is 1.00. The van der Waals surface area contributed by atoms with Crippen molar-refractivity contribution in [1.82, 2.24) is 4.90 Å². The molecule has 3 aliphatic heterocycles. The second kappa shape index (κ2) is 4.09. The Kier molecular flexibility index (Phi) is 4.24. The summed E-state index contributed by atoms with van der Waals surface area (Å²) in [5, 5.41) is 0. The number of fused-ring (bicyclic) bond motifs is 3. The van der Waals surface area contributed by atoms with Gasteiger partial charge in [0.25, 0.3) is 0 Å². The molecule has 3 heterocycles. The Morgan fingerprint density at radius 3 is 2.00 bits per heavy atom. The van der Waals surface area contributed by atoms with Gasteiger partial charge < -0.3 is 10.6 Å². The molecule has 1 atom stereocenters. The Balaban J connectivity index is 0.000000605. The molecule has 3 rings (SSSR count). The second-order valence-corrected chi connectivity index (χ2v) is 3.44. The molecule has 0 aromatic rings.